The van der Waals surface area contributed by atoms with Crippen LogP contribution in [-0.4, -0.2) is 18.5 Å². The molecule has 0 saturated heterocycles. The van der Waals surface area contributed by atoms with Gasteiger partial charge < -0.3 is 9.47 Å². The van der Waals surface area contributed by atoms with Crippen LogP contribution in [-0.2, 0) is 0 Å². The largest absolute Gasteiger partial charge is 0.497 e. The maximum atomic E-state index is 12.5. The highest BCUT2D eigenvalue weighted by Crippen LogP contribution is 2.43. The first kappa shape index (κ1) is 14.4. The second-order valence-corrected chi connectivity index (χ2v) is 6.45. The lowest BCUT2D eigenvalue weighted by Gasteiger charge is -2.37. The Morgan fingerprint density at radius 1 is 1.33 bits per heavy atom. The van der Waals surface area contributed by atoms with Gasteiger partial charge >= 0.3 is 0 Å². The van der Waals surface area contributed by atoms with Crippen LogP contribution in [0.5, 0.6) is 11.5 Å². The van der Waals surface area contributed by atoms with Crippen molar-refractivity contribution >= 4 is 5.78 Å². The minimum absolute atomic E-state index is 0.217. The monoisotopic (exact) mass is 288 g/mol. The summed E-state index contributed by atoms with van der Waals surface area (Å²) in [6, 6.07) is 5.52. The zero-order valence-corrected chi connectivity index (χ0v) is 13.0. The first-order valence-corrected chi connectivity index (χ1v) is 8.06. The number of rotatable bonds is 2. The second-order valence-electron chi connectivity index (χ2n) is 6.45. The summed E-state index contributed by atoms with van der Waals surface area (Å²) in [5.41, 5.74) is 0.429. The number of hydrogen-bond acceptors (Lipinski definition) is 3. The van der Waals surface area contributed by atoms with Gasteiger partial charge in [-0.3, -0.25) is 4.79 Å². The number of methoxy groups -OCH3 is 1. The maximum absolute atomic E-state index is 12.5. The molecule has 1 aliphatic carbocycles. The van der Waals surface area contributed by atoms with E-state index in [0.717, 1.165) is 30.9 Å². The number of ketones is 1. The maximum Gasteiger partial charge on any atom is 0.170 e. The Hall–Kier alpha value is -1.51. The number of ether oxygens (including phenoxy) is 2. The first-order chi connectivity index (χ1) is 10.2. The molecule has 3 heteroatoms. The van der Waals surface area contributed by atoms with Gasteiger partial charge in [0.2, 0.25) is 0 Å². The van der Waals surface area contributed by atoms with E-state index in [9.17, 15) is 4.79 Å². The summed E-state index contributed by atoms with van der Waals surface area (Å²) in [4.78, 5) is 12.5. The minimum Gasteiger partial charge on any atom is -0.497 e. The molecule has 1 aromatic carbocycles. The quantitative estimate of drug-likeness (QED) is 0.809. The molecule has 0 amide bonds. The molecule has 1 aliphatic heterocycles. The van der Waals surface area contributed by atoms with E-state index in [-0.39, 0.29) is 11.4 Å². The number of benzene rings is 1. The summed E-state index contributed by atoms with van der Waals surface area (Å²) in [5, 5.41) is 0. The molecule has 3 nitrogen and oxygen atoms in total. The van der Waals surface area contributed by atoms with E-state index in [0.29, 0.717) is 17.7 Å². The lowest BCUT2D eigenvalue weighted by Crippen LogP contribution is -2.41. The lowest BCUT2D eigenvalue weighted by atomic mass is 9.84. The van der Waals surface area contributed by atoms with Gasteiger partial charge in [0.15, 0.2) is 5.78 Å². The van der Waals surface area contributed by atoms with E-state index in [1.165, 1.54) is 19.3 Å². The molecule has 0 aromatic heterocycles. The molecule has 1 saturated carbocycles. The molecule has 114 valence electrons. The zero-order valence-electron chi connectivity index (χ0n) is 13.0. The third-order valence-corrected chi connectivity index (χ3v) is 5.13. The van der Waals surface area contributed by atoms with Gasteiger partial charge in [-0.25, -0.2) is 0 Å². The van der Waals surface area contributed by atoms with Crippen molar-refractivity contribution in [2.75, 3.05) is 7.11 Å². The van der Waals surface area contributed by atoms with Gasteiger partial charge in [-0.05, 0) is 43.7 Å². The average Bonchev–Trinajstić information content (AvgIpc) is 2.69. The van der Waals surface area contributed by atoms with Crippen molar-refractivity contribution in [3.05, 3.63) is 23.8 Å². The molecule has 0 N–H and O–H groups in total. The standard InChI is InChI=1S/C18H24O3/c1-3-13-5-4-9-18(10-8-13)12-16(19)15-7-6-14(20-2)11-17(15)21-18/h6-7,11,13H,3-5,8-10,12H2,1-2H3. The molecule has 1 fully saturated rings. The van der Waals surface area contributed by atoms with Crippen LogP contribution in [0.2, 0.25) is 0 Å². The van der Waals surface area contributed by atoms with Crippen LogP contribution in [0.25, 0.3) is 0 Å². The van der Waals surface area contributed by atoms with Gasteiger partial charge in [0, 0.05) is 6.07 Å². The molecule has 2 aliphatic rings. The first-order valence-electron chi connectivity index (χ1n) is 8.06. The van der Waals surface area contributed by atoms with Crippen molar-refractivity contribution < 1.29 is 14.3 Å². The third-order valence-electron chi connectivity index (χ3n) is 5.13. The second kappa shape index (κ2) is 5.70. The highest BCUT2D eigenvalue weighted by molar-refractivity contribution is 6.00. The van der Waals surface area contributed by atoms with Crippen LogP contribution in [0.15, 0.2) is 18.2 Å². The fraction of sp³-hybridized carbons (Fsp3) is 0.611. The van der Waals surface area contributed by atoms with Crippen LogP contribution < -0.4 is 9.47 Å². The Morgan fingerprint density at radius 3 is 2.95 bits per heavy atom. The predicted molar refractivity (Wildman–Crippen MR) is 82.2 cm³/mol. The molecule has 0 radical (unpaired) electrons. The zero-order chi connectivity index (χ0) is 14.9. The molecule has 3 rings (SSSR count). The van der Waals surface area contributed by atoms with E-state index < -0.39 is 0 Å². The normalized spacial score (nSPS) is 28.7. The SMILES string of the molecule is CCC1CCCC2(CC1)CC(=O)c1ccc(OC)cc1O2. The van der Waals surface area contributed by atoms with Crippen LogP contribution in [0, 0.1) is 5.92 Å². The van der Waals surface area contributed by atoms with E-state index >= 15 is 0 Å². The lowest BCUT2D eigenvalue weighted by molar-refractivity contribution is 0.0288. The topological polar surface area (TPSA) is 35.5 Å². The van der Waals surface area contributed by atoms with E-state index in [1.54, 1.807) is 7.11 Å². The molecular formula is C18H24O3. The highest BCUT2D eigenvalue weighted by atomic mass is 16.5. The third kappa shape index (κ3) is 2.78. The average molecular weight is 288 g/mol. The van der Waals surface area contributed by atoms with Crippen LogP contribution in [0.4, 0.5) is 0 Å². The van der Waals surface area contributed by atoms with E-state index in [1.807, 2.05) is 18.2 Å². The Kier molecular flexibility index (Phi) is 3.92. The summed E-state index contributed by atoms with van der Waals surface area (Å²) in [7, 11) is 1.64. The van der Waals surface area contributed by atoms with Crippen molar-refractivity contribution in [1.29, 1.82) is 0 Å². The Bertz CT molecular complexity index is 537. The van der Waals surface area contributed by atoms with Crippen LogP contribution in [0.1, 0.15) is 62.2 Å². The molecule has 1 aromatic rings. The van der Waals surface area contributed by atoms with Gasteiger partial charge in [-0.1, -0.05) is 19.8 Å². The van der Waals surface area contributed by atoms with Gasteiger partial charge in [0.05, 0.1) is 19.1 Å². The Balaban J connectivity index is 1.87. The number of fused-ring (bicyclic) bond motifs is 1. The fourth-order valence-corrected chi connectivity index (χ4v) is 3.74. The molecule has 1 spiro atoms. The Labute approximate surface area is 126 Å². The molecule has 1 heterocycles. The molecule has 2 atom stereocenters. The molecule has 0 bridgehead atoms. The Morgan fingerprint density at radius 2 is 2.19 bits per heavy atom. The number of Topliss-reactive ketones (excluding diaryl/α,β-unsaturated/α-hetero) is 1. The van der Waals surface area contributed by atoms with Crippen molar-refractivity contribution in [3.63, 3.8) is 0 Å². The molecular weight excluding hydrogens is 264 g/mol. The van der Waals surface area contributed by atoms with Crippen LogP contribution >= 0.6 is 0 Å². The number of carbonyl (C=O) groups is 1. The van der Waals surface area contributed by atoms with Crippen molar-refractivity contribution in [2.24, 2.45) is 5.92 Å². The summed E-state index contributed by atoms with van der Waals surface area (Å²) < 4.78 is 11.6. The van der Waals surface area contributed by atoms with Crippen molar-refractivity contribution in [1.82, 2.24) is 0 Å². The molecule has 21 heavy (non-hydrogen) atoms. The van der Waals surface area contributed by atoms with Gasteiger partial charge in [-0.2, -0.15) is 0 Å². The van der Waals surface area contributed by atoms with Gasteiger partial charge in [0.25, 0.3) is 0 Å². The number of carbonyl (C=O) groups excluding carboxylic acids is 1. The van der Waals surface area contributed by atoms with E-state index in [4.69, 9.17) is 9.47 Å². The van der Waals surface area contributed by atoms with Gasteiger partial charge in [0.1, 0.15) is 17.1 Å². The smallest absolute Gasteiger partial charge is 0.170 e. The summed E-state index contributed by atoms with van der Waals surface area (Å²) in [6.07, 6.45) is 7.34. The van der Waals surface area contributed by atoms with Crippen molar-refractivity contribution in [2.45, 2.75) is 57.5 Å². The van der Waals surface area contributed by atoms with Gasteiger partial charge in [-0.15, -0.1) is 0 Å². The van der Waals surface area contributed by atoms with E-state index in [2.05, 4.69) is 6.92 Å². The minimum atomic E-state index is -0.277. The number of hydrogen-bond donors (Lipinski definition) is 0. The highest BCUT2D eigenvalue weighted by Gasteiger charge is 2.41. The van der Waals surface area contributed by atoms with Crippen molar-refractivity contribution in [3.8, 4) is 11.5 Å². The predicted octanol–water partition coefficient (Wildman–Crippen LogP) is 4.39. The fourth-order valence-electron chi connectivity index (χ4n) is 3.74. The summed E-state index contributed by atoms with van der Waals surface area (Å²) in [6.45, 7) is 2.26. The summed E-state index contributed by atoms with van der Waals surface area (Å²) in [5.74, 6) is 2.46. The molecule has 2 unspecified atom stereocenters. The van der Waals surface area contributed by atoms with Crippen LogP contribution in [0.3, 0.4) is 0 Å². The summed E-state index contributed by atoms with van der Waals surface area (Å²) >= 11 is 0.